The molecule has 0 spiro atoms. The first-order valence-corrected chi connectivity index (χ1v) is 6.28. The first kappa shape index (κ1) is 15.7. The third-order valence-electron chi connectivity index (χ3n) is 3.04. The van der Waals surface area contributed by atoms with Crippen molar-refractivity contribution in [3.63, 3.8) is 0 Å². The average Bonchev–Trinajstić information content (AvgIpc) is 2.83. The Morgan fingerprint density at radius 2 is 1.85 bits per heavy atom. The topological polar surface area (TPSA) is 37.3 Å². The van der Waals surface area contributed by atoms with E-state index in [9.17, 15) is 22.4 Å². The number of rotatable bonds is 2. The molecule has 1 saturated carbocycles. The summed E-state index contributed by atoms with van der Waals surface area (Å²) in [5.74, 6) is -5.25. The Hall–Kier alpha value is -0.720. The van der Waals surface area contributed by atoms with Crippen molar-refractivity contribution in [2.45, 2.75) is 16.4 Å². The van der Waals surface area contributed by atoms with Gasteiger partial charge in [-0.05, 0) is 17.7 Å². The van der Waals surface area contributed by atoms with E-state index in [1.807, 2.05) is 0 Å². The molecule has 1 aliphatic carbocycles. The molecule has 20 heavy (non-hydrogen) atoms. The van der Waals surface area contributed by atoms with Gasteiger partial charge in [0.05, 0.1) is 10.6 Å². The van der Waals surface area contributed by atoms with Crippen molar-refractivity contribution in [2.75, 3.05) is 0 Å². The van der Waals surface area contributed by atoms with Crippen LogP contribution in [0.4, 0.5) is 17.6 Å². The van der Waals surface area contributed by atoms with Gasteiger partial charge < -0.3 is 5.11 Å². The van der Waals surface area contributed by atoms with E-state index in [0.717, 1.165) is 0 Å². The fraction of sp³-hybridized carbons (Fsp3) is 0.364. The summed E-state index contributed by atoms with van der Waals surface area (Å²) >= 11 is 16.8. The molecule has 9 heteroatoms. The predicted molar refractivity (Wildman–Crippen MR) is 64.7 cm³/mol. The Labute approximate surface area is 125 Å². The van der Waals surface area contributed by atoms with E-state index in [2.05, 4.69) is 0 Å². The van der Waals surface area contributed by atoms with Crippen molar-refractivity contribution in [2.24, 2.45) is 5.92 Å². The van der Waals surface area contributed by atoms with Crippen molar-refractivity contribution in [1.82, 2.24) is 0 Å². The highest BCUT2D eigenvalue weighted by atomic mass is 35.5. The summed E-state index contributed by atoms with van der Waals surface area (Å²) in [5, 5.41) is 8.09. The maximum Gasteiger partial charge on any atom is 0.416 e. The van der Waals surface area contributed by atoms with E-state index in [0.29, 0.717) is 12.1 Å². The van der Waals surface area contributed by atoms with Crippen LogP contribution in [0.2, 0.25) is 5.02 Å². The Kier molecular flexibility index (Phi) is 3.64. The van der Waals surface area contributed by atoms with Crippen molar-refractivity contribution >= 4 is 40.8 Å². The highest BCUT2D eigenvalue weighted by Crippen LogP contribution is 2.65. The zero-order valence-electron chi connectivity index (χ0n) is 9.31. The number of aliphatic carboxylic acids is 1. The summed E-state index contributed by atoms with van der Waals surface area (Å²) < 4.78 is 49.9. The van der Waals surface area contributed by atoms with Gasteiger partial charge in [-0.2, -0.15) is 13.2 Å². The van der Waals surface area contributed by atoms with Crippen molar-refractivity contribution in [3.05, 3.63) is 34.1 Å². The van der Waals surface area contributed by atoms with Crippen LogP contribution in [0.1, 0.15) is 17.0 Å². The number of hydrogen-bond donors (Lipinski definition) is 1. The van der Waals surface area contributed by atoms with Crippen LogP contribution in [0.25, 0.3) is 0 Å². The maximum atomic E-state index is 13.8. The second kappa shape index (κ2) is 4.64. The zero-order chi connectivity index (χ0) is 15.5. The molecule has 0 aromatic heterocycles. The maximum absolute atomic E-state index is 13.8. The van der Waals surface area contributed by atoms with E-state index in [1.165, 1.54) is 0 Å². The largest absolute Gasteiger partial charge is 0.481 e. The van der Waals surface area contributed by atoms with E-state index >= 15 is 0 Å². The summed E-state index contributed by atoms with van der Waals surface area (Å²) in [6.07, 6.45) is -4.75. The van der Waals surface area contributed by atoms with Crippen molar-refractivity contribution in [1.29, 1.82) is 0 Å². The molecule has 0 aliphatic heterocycles. The molecule has 0 radical (unpaired) electrons. The summed E-state index contributed by atoms with van der Waals surface area (Å²) in [6, 6.07) is 0.900. The van der Waals surface area contributed by atoms with Crippen LogP contribution >= 0.6 is 34.8 Å². The third kappa shape index (κ3) is 2.44. The van der Waals surface area contributed by atoms with Crippen LogP contribution in [-0.4, -0.2) is 15.4 Å². The normalized spacial score (nSPS) is 24.6. The smallest absolute Gasteiger partial charge is 0.416 e. The number of carboxylic acids is 1. The minimum Gasteiger partial charge on any atom is -0.481 e. The van der Waals surface area contributed by atoms with Gasteiger partial charge in [0.25, 0.3) is 0 Å². The van der Waals surface area contributed by atoms with Crippen LogP contribution < -0.4 is 0 Å². The zero-order valence-corrected chi connectivity index (χ0v) is 11.6. The Balaban J connectivity index is 2.54. The summed E-state index contributed by atoms with van der Waals surface area (Å²) in [5.41, 5.74) is -1.75. The molecule has 1 aromatic rings. The molecule has 2 rings (SSSR count). The Morgan fingerprint density at radius 1 is 1.30 bits per heavy atom. The van der Waals surface area contributed by atoms with Crippen molar-refractivity contribution < 1.29 is 27.5 Å². The molecule has 2 unspecified atom stereocenters. The fourth-order valence-corrected chi connectivity index (χ4v) is 3.05. The highest BCUT2D eigenvalue weighted by Gasteiger charge is 2.69. The second-order valence-electron chi connectivity index (χ2n) is 4.33. The van der Waals surface area contributed by atoms with E-state index in [-0.39, 0.29) is 0 Å². The van der Waals surface area contributed by atoms with Gasteiger partial charge in [-0.15, -0.1) is 0 Å². The first-order valence-electron chi connectivity index (χ1n) is 5.14. The van der Waals surface area contributed by atoms with Gasteiger partial charge in [-0.1, -0.05) is 34.8 Å². The predicted octanol–water partition coefficient (Wildman–Crippen LogP) is 4.47. The van der Waals surface area contributed by atoms with Crippen LogP contribution in [-0.2, 0) is 11.0 Å². The first-order chi connectivity index (χ1) is 8.98. The summed E-state index contributed by atoms with van der Waals surface area (Å²) in [4.78, 5) is 10.9. The molecule has 0 heterocycles. The van der Waals surface area contributed by atoms with Crippen molar-refractivity contribution in [3.8, 4) is 0 Å². The van der Waals surface area contributed by atoms with Gasteiger partial charge in [0.2, 0.25) is 0 Å². The quantitative estimate of drug-likeness (QED) is 0.630. The SMILES string of the molecule is O=C(O)C1C(c2cc(C(F)(F)F)cc(Cl)c2F)C1(Cl)Cl. The van der Waals surface area contributed by atoms with Crippen LogP contribution in [0.3, 0.4) is 0 Å². The molecular weight excluding hydrogens is 346 g/mol. The summed E-state index contributed by atoms with van der Waals surface area (Å²) in [7, 11) is 0. The second-order valence-corrected chi connectivity index (χ2v) is 6.18. The van der Waals surface area contributed by atoms with E-state index < -0.39 is 50.3 Å². The fourth-order valence-electron chi connectivity index (χ4n) is 2.02. The molecule has 1 fully saturated rings. The lowest BCUT2D eigenvalue weighted by Gasteiger charge is -2.11. The van der Waals surface area contributed by atoms with Gasteiger partial charge in [-0.3, -0.25) is 4.79 Å². The number of alkyl halides is 5. The minimum atomic E-state index is -4.75. The molecule has 110 valence electrons. The molecule has 0 bridgehead atoms. The van der Waals surface area contributed by atoms with Gasteiger partial charge in [0.1, 0.15) is 16.1 Å². The minimum absolute atomic E-state index is 0.419. The Morgan fingerprint density at radius 3 is 2.25 bits per heavy atom. The molecule has 0 saturated heterocycles. The number of hydrogen-bond acceptors (Lipinski definition) is 1. The average molecular weight is 352 g/mol. The van der Waals surface area contributed by atoms with Gasteiger partial charge in [0.15, 0.2) is 0 Å². The van der Waals surface area contributed by atoms with E-state index in [4.69, 9.17) is 39.9 Å². The molecule has 1 aromatic carbocycles. The standard InChI is InChI=1S/C11H5Cl3F4O2/c12-5-2-3(11(16,17)18)1-4(8(5)15)6-7(9(19)20)10(6,13)14/h1-2,6-7H,(H,19,20). The lowest BCUT2D eigenvalue weighted by atomic mass is 10.0. The Bertz CT molecular complexity index is 586. The third-order valence-corrected chi connectivity index (χ3v) is 4.25. The number of benzene rings is 1. The van der Waals surface area contributed by atoms with Crippen LogP contribution in [0, 0.1) is 11.7 Å². The molecule has 1 aliphatic rings. The van der Waals surface area contributed by atoms with E-state index in [1.54, 1.807) is 0 Å². The number of halogens is 7. The van der Waals surface area contributed by atoms with Gasteiger partial charge >= 0.3 is 12.1 Å². The highest BCUT2D eigenvalue weighted by molar-refractivity contribution is 6.53. The molecule has 0 amide bonds. The molecular formula is C11H5Cl3F4O2. The summed E-state index contributed by atoms with van der Waals surface area (Å²) in [6.45, 7) is 0. The monoisotopic (exact) mass is 350 g/mol. The number of carboxylic acid groups (broad SMARTS) is 1. The van der Waals surface area contributed by atoms with Crippen LogP contribution in [0.5, 0.6) is 0 Å². The lowest BCUT2D eigenvalue weighted by molar-refractivity contribution is -0.138. The van der Waals surface area contributed by atoms with Gasteiger partial charge in [-0.25, -0.2) is 4.39 Å². The molecule has 1 N–H and O–H groups in total. The number of carbonyl (C=O) groups is 1. The molecule has 2 atom stereocenters. The van der Waals surface area contributed by atoms with Gasteiger partial charge in [0, 0.05) is 5.92 Å². The van der Waals surface area contributed by atoms with Crippen LogP contribution in [0.15, 0.2) is 12.1 Å². The lowest BCUT2D eigenvalue weighted by Crippen LogP contribution is -2.08. The molecule has 2 nitrogen and oxygen atoms in total.